The number of aromatic nitrogens is 1. The molecule has 2 unspecified atom stereocenters. The summed E-state index contributed by atoms with van der Waals surface area (Å²) in [7, 11) is -3.14. The molecule has 34 heavy (non-hydrogen) atoms. The highest BCUT2D eigenvalue weighted by Gasteiger charge is 2.34. The van der Waals surface area contributed by atoms with Crippen molar-refractivity contribution >= 4 is 22.7 Å². The summed E-state index contributed by atoms with van der Waals surface area (Å²) < 4.78 is 65.9. The molecule has 0 bridgehead atoms. The van der Waals surface area contributed by atoms with Crippen molar-refractivity contribution in [2.45, 2.75) is 51.1 Å². The van der Waals surface area contributed by atoms with Crippen LogP contribution in [0, 0.1) is 0 Å². The molecule has 1 aliphatic heterocycles. The zero-order chi connectivity index (χ0) is 25.1. The van der Waals surface area contributed by atoms with Crippen LogP contribution in [0.5, 0.6) is 0 Å². The first-order chi connectivity index (χ1) is 15.9. The fourth-order valence-electron chi connectivity index (χ4n) is 3.77. The second-order valence-electron chi connectivity index (χ2n) is 8.35. The van der Waals surface area contributed by atoms with E-state index in [4.69, 9.17) is 9.92 Å². The Labute approximate surface area is 197 Å². The Bertz CT molecular complexity index is 1090. The maximum Gasteiger partial charge on any atom is 0.433 e. The fourth-order valence-corrected chi connectivity index (χ4v) is 4.19. The number of carbonyl (C=O) groups is 1. The molecule has 12 heteroatoms. The van der Waals surface area contributed by atoms with Crippen molar-refractivity contribution in [3.05, 3.63) is 58.8 Å². The summed E-state index contributed by atoms with van der Waals surface area (Å²) in [5, 5.41) is 2.77. The van der Waals surface area contributed by atoms with Gasteiger partial charge in [0, 0.05) is 25.2 Å². The Kier molecular flexibility index (Phi) is 7.84. The molecule has 2 aromatic rings. The van der Waals surface area contributed by atoms with Crippen LogP contribution in [-0.4, -0.2) is 32.4 Å². The molecule has 0 spiro atoms. The lowest BCUT2D eigenvalue weighted by molar-refractivity contribution is -0.141. The number of hydrogen-bond acceptors (Lipinski definition) is 7. The van der Waals surface area contributed by atoms with Gasteiger partial charge in [0.15, 0.2) is 5.72 Å². The molecular formula is C22H27F3N4O4S. The lowest BCUT2D eigenvalue weighted by Gasteiger charge is -2.23. The van der Waals surface area contributed by atoms with E-state index < -0.39 is 34.5 Å². The standard InChI is InChI=1S/C22H27F3N4O4S/c1-14(15-5-8-17(9-6-15)21(2,26)33-34(31)32)20(30)27-13-16-7-10-18(22(23,24)25)28-19(16)29-11-3-4-12-29/h5-10,14,34H,3-4,11-13,26H2,1-2H3,(H,27,30). The number of halogens is 3. The van der Waals surface area contributed by atoms with E-state index in [-0.39, 0.29) is 18.3 Å². The zero-order valence-electron chi connectivity index (χ0n) is 18.8. The second kappa shape index (κ2) is 10.3. The number of thiol groups is 1. The van der Waals surface area contributed by atoms with Crippen molar-refractivity contribution in [1.82, 2.24) is 10.3 Å². The third-order valence-corrected chi connectivity index (χ3v) is 6.27. The summed E-state index contributed by atoms with van der Waals surface area (Å²) in [6, 6.07) is 8.70. The van der Waals surface area contributed by atoms with E-state index in [9.17, 15) is 26.4 Å². The molecular weight excluding hydrogens is 473 g/mol. The van der Waals surface area contributed by atoms with E-state index in [1.54, 1.807) is 36.1 Å². The lowest BCUT2D eigenvalue weighted by atomic mass is 9.96. The molecule has 2 heterocycles. The molecule has 3 rings (SSSR count). The molecule has 0 radical (unpaired) electrons. The van der Waals surface area contributed by atoms with Crippen molar-refractivity contribution in [3.8, 4) is 0 Å². The normalized spacial score (nSPS) is 17.0. The van der Waals surface area contributed by atoms with Crippen LogP contribution in [0.3, 0.4) is 0 Å². The first kappa shape index (κ1) is 25.9. The smallest absolute Gasteiger partial charge is 0.356 e. The molecule has 1 aromatic carbocycles. The molecule has 8 nitrogen and oxygen atoms in total. The van der Waals surface area contributed by atoms with E-state index in [1.165, 1.54) is 13.0 Å². The minimum absolute atomic E-state index is 0.0312. The Balaban J connectivity index is 1.71. The summed E-state index contributed by atoms with van der Waals surface area (Å²) in [5.41, 5.74) is 4.94. The van der Waals surface area contributed by atoms with Crippen LogP contribution in [0.1, 0.15) is 55.0 Å². The summed E-state index contributed by atoms with van der Waals surface area (Å²) in [4.78, 5) is 18.4. The topological polar surface area (TPSA) is 115 Å². The summed E-state index contributed by atoms with van der Waals surface area (Å²) in [6.07, 6.45) is -2.81. The lowest BCUT2D eigenvalue weighted by Crippen LogP contribution is -2.35. The number of hydrogen-bond donors (Lipinski definition) is 3. The van der Waals surface area contributed by atoms with Crippen molar-refractivity contribution in [1.29, 1.82) is 0 Å². The molecule has 1 aromatic heterocycles. The number of nitrogens with zero attached hydrogens (tertiary/aromatic N) is 2. The van der Waals surface area contributed by atoms with Gasteiger partial charge in [0.05, 0.1) is 5.92 Å². The fraction of sp³-hybridized carbons (Fsp3) is 0.455. The Morgan fingerprint density at radius 3 is 2.35 bits per heavy atom. The van der Waals surface area contributed by atoms with Gasteiger partial charge in [0.1, 0.15) is 11.5 Å². The van der Waals surface area contributed by atoms with Gasteiger partial charge >= 0.3 is 6.18 Å². The van der Waals surface area contributed by atoms with Crippen LogP contribution < -0.4 is 16.0 Å². The van der Waals surface area contributed by atoms with Gasteiger partial charge in [-0.1, -0.05) is 30.3 Å². The van der Waals surface area contributed by atoms with Gasteiger partial charge < -0.3 is 10.2 Å². The van der Waals surface area contributed by atoms with E-state index in [1.807, 2.05) is 0 Å². The summed E-state index contributed by atoms with van der Waals surface area (Å²) in [6.45, 7) is 4.34. The molecule has 1 amide bonds. The van der Waals surface area contributed by atoms with Crippen molar-refractivity contribution < 1.29 is 30.6 Å². The summed E-state index contributed by atoms with van der Waals surface area (Å²) in [5.74, 6) is -0.661. The van der Waals surface area contributed by atoms with Crippen molar-refractivity contribution in [2.24, 2.45) is 5.73 Å². The van der Waals surface area contributed by atoms with Gasteiger partial charge in [-0.3, -0.25) is 10.5 Å². The Hall–Kier alpha value is -2.70. The molecule has 1 saturated heterocycles. The number of nitrogens with one attached hydrogen (secondary N) is 1. The number of alkyl halides is 3. The molecule has 186 valence electrons. The van der Waals surface area contributed by atoms with Crippen LogP contribution in [0.15, 0.2) is 36.4 Å². The van der Waals surface area contributed by atoms with Crippen molar-refractivity contribution in [3.63, 3.8) is 0 Å². The molecule has 1 aliphatic rings. The number of rotatable bonds is 8. The molecule has 0 saturated carbocycles. The third kappa shape index (κ3) is 6.24. The maximum absolute atomic E-state index is 13.2. The predicted molar refractivity (Wildman–Crippen MR) is 120 cm³/mol. The van der Waals surface area contributed by atoms with Crippen LogP contribution in [0.25, 0.3) is 0 Å². The predicted octanol–water partition coefficient (Wildman–Crippen LogP) is 2.79. The molecule has 2 atom stereocenters. The van der Waals surface area contributed by atoms with Gasteiger partial charge in [0.2, 0.25) is 5.91 Å². The number of pyridine rings is 1. The third-order valence-electron chi connectivity index (χ3n) is 5.75. The Morgan fingerprint density at radius 2 is 1.79 bits per heavy atom. The largest absolute Gasteiger partial charge is 0.433 e. The average Bonchev–Trinajstić information content (AvgIpc) is 3.30. The Morgan fingerprint density at radius 1 is 1.18 bits per heavy atom. The number of amides is 1. The second-order valence-corrected chi connectivity index (χ2v) is 8.98. The first-order valence-corrected chi connectivity index (χ1v) is 11.8. The maximum atomic E-state index is 13.2. The van der Waals surface area contributed by atoms with Crippen LogP contribution in [-0.2, 0) is 38.4 Å². The highest BCUT2D eigenvalue weighted by Crippen LogP contribution is 2.32. The number of benzene rings is 1. The van der Waals surface area contributed by atoms with E-state index >= 15 is 0 Å². The molecule has 0 aliphatic carbocycles. The van der Waals surface area contributed by atoms with Gasteiger partial charge in [-0.2, -0.15) is 13.2 Å². The van der Waals surface area contributed by atoms with Gasteiger partial charge in [0.25, 0.3) is 11.0 Å². The van der Waals surface area contributed by atoms with Crippen LogP contribution >= 0.6 is 0 Å². The number of carbonyl (C=O) groups excluding carboxylic acids is 1. The SMILES string of the molecule is CC(C(=O)NCc1ccc(C(F)(F)F)nc1N1CCCC1)c1ccc(C(C)(N)O[SH](=O)=O)cc1. The minimum atomic E-state index is -4.55. The first-order valence-electron chi connectivity index (χ1n) is 10.7. The van der Waals surface area contributed by atoms with Crippen LogP contribution in [0.2, 0.25) is 0 Å². The van der Waals surface area contributed by atoms with E-state index in [0.29, 0.717) is 29.8 Å². The highest BCUT2D eigenvalue weighted by atomic mass is 32.2. The number of nitrogens with two attached hydrogens (primary N) is 1. The van der Waals surface area contributed by atoms with Crippen molar-refractivity contribution in [2.75, 3.05) is 18.0 Å². The molecule has 1 fully saturated rings. The highest BCUT2D eigenvalue weighted by molar-refractivity contribution is 7.67. The number of anilines is 1. The van der Waals surface area contributed by atoms with Gasteiger partial charge in [-0.25, -0.2) is 17.6 Å². The molecule has 3 N–H and O–H groups in total. The average molecular weight is 501 g/mol. The van der Waals surface area contributed by atoms with E-state index in [0.717, 1.165) is 18.9 Å². The van der Waals surface area contributed by atoms with Gasteiger partial charge in [-0.15, -0.1) is 0 Å². The monoisotopic (exact) mass is 500 g/mol. The van der Waals surface area contributed by atoms with Crippen LogP contribution in [0.4, 0.5) is 19.0 Å². The summed E-state index contributed by atoms with van der Waals surface area (Å²) >= 11 is 0. The van der Waals surface area contributed by atoms with Gasteiger partial charge in [-0.05, 0) is 43.9 Å². The van der Waals surface area contributed by atoms with E-state index in [2.05, 4.69) is 10.3 Å². The zero-order valence-corrected chi connectivity index (χ0v) is 19.7. The quantitative estimate of drug-likeness (QED) is 0.377. The minimum Gasteiger partial charge on any atom is -0.356 e.